The summed E-state index contributed by atoms with van der Waals surface area (Å²) in [6.07, 6.45) is 1.71. The van der Waals surface area contributed by atoms with Crippen LogP contribution in [0.1, 0.15) is 32.1 Å². The Balaban J connectivity index is 1.74. The highest BCUT2D eigenvalue weighted by molar-refractivity contribution is 5.32. The Hall–Kier alpha value is -1.74. The molecule has 0 unspecified atom stereocenters. The van der Waals surface area contributed by atoms with Crippen molar-refractivity contribution >= 4 is 0 Å². The van der Waals surface area contributed by atoms with Crippen LogP contribution in [-0.4, -0.2) is 13.2 Å². The zero-order valence-electron chi connectivity index (χ0n) is 12.6. The van der Waals surface area contributed by atoms with Crippen molar-refractivity contribution in [3.8, 4) is 5.75 Å². The molecule has 0 saturated heterocycles. The largest absolute Gasteiger partial charge is 0.488 e. The Kier molecular flexibility index (Phi) is 4.85. The molecule has 0 spiro atoms. The van der Waals surface area contributed by atoms with Crippen LogP contribution in [0.5, 0.6) is 5.75 Å². The maximum Gasteiger partial charge on any atom is 0.157 e. The van der Waals surface area contributed by atoms with Gasteiger partial charge in [-0.15, -0.1) is 0 Å². The van der Waals surface area contributed by atoms with Crippen molar-refractivity contribution in [2.45, 2.75) is 32.7 Å². The molecule has 0 fully saturated rings. The minimum Gasteiger partial charge on any atom is -0.488 e. The summed E-state index contributed by atoms with van der Waals surface area (Å²) in [5.41, 5.74) is 1.46. The first-order valence-corrected chi connectivity index (χ1v) is 7.13. The smallest absolute Gasteiger partial charge is 0.157 e. The number of rotatable bonds is 6. The molecule has 0 aliphatic carbocycles. The molecule has 108 valence electrons. The molecule has 1 heterocycles. The van der Waals surface area contributed by atoms with Crippen LogP contribution in [0.4, 0.5) is 0 Å². The van der Waals surface area contributed by atoms with Gasteiger partial charge in [-0.25, -0.2) is 0 Å². The van der Waals surface area contributed by atoms with E-state index in [-0.39, 0.29) is 5.41 Å². The molecular weight excluding hydrogens is 250 g/mol. The fourth-order valence-corrected chi connectivity index (χ4v) is 1.99. The van der Waals surface area contributed by atoms with E-state index in [1.807, 2.05) is 18.2 Å². The van der Waals surface area contributed by atoms with Crippen LogP contribution in [0.3, 0.4) is 0 Å². The first kappa shape index (κ1) is 14.7. The number of quaternary nitrogens is 1. The van der Waals surface area contributed by atoms with Crippen molar-refractivity contribution in [2.24, 2.45) is 0 Å². The van der Waals surface area contributed by atoms with E-state index in [1.165, 1.54) is 5.56 Å². The van der Waals surface area contributed by atoms with E-state index in [0.29, 0.717) is 6.61 Å². The van der Waals surface area contributed by atoms with E-state index < -0.39 is 0 Å². The van der Waals surface area contributed by atoms with Gasteiger partial charge in [0.1, 0.15) is 25.4 Å². The minimum absolute atomic E-state index is 0.158. The number of hydrogen-bond acceptors (Lipinski definition) is 2. The van der Waals surface area contributed by atoms with E-state index in [4.69, 9.17) is 9.15 Å². The normalized spacial score (nSPS) is 11.6. The second-order valence-electron chi connectivity index (χ2n) is 5.99. The van der Waals surface area contributed by atoms with Gasteiger partial charge in [-0.1, -0.05) is 32.9 Å². The third-order valence-electron chi connectivity index (χ3n) is 3.22. The van der Waals surface area contributed by atoms with E-state index >= 15 is 0 Å². The van der Waals surface area contributed by atoms with Gasteiger partial charge in [-0.2, -0.15) is 0 Å². The number of benzene rings is 1. The zero-order chi connectivity index (χ0) is 14.4. The highest BCUT2D eigenvalue weighted by Crippen LogP contribution is 2.25. The lowest BCUT2D eigenvalue weighted by Crippen LogP contribution is -2.83. The molecule has 0 radical (unpaired) electrons. The predicted octanol–water partition coefficient (Wildman–Crippen LogP) is 2.72. The van der Waals surface area contributed by atoms with Crippen molar-refractivity contribution < 1.29 is 14.5 Å². The summed E-state index contributed by atoms with van der Waals surface area (Å²) >= 11 is 0. The molecule has 0 atom stereocenters. The van der Waals surface area contributed by atoms with Gasteiger partial charge in [-0.05, 0) is 35.2 Å². The molecule has 3 heteroatoms. The van der Waals surface area contributed by atoms with Crippen LogP contribution in [0.2, 0.25) is 0 Å². The average molecular weight is 274 g/mol. The first-order chi connectivity index (χ1) is 9.55. The maximum atomic E-state index is 5.80. The summed E-state index contributed by atoms with van der Waals surface area (Å²) in [7, 11) is 0. The highest BCUT2D eigenvalue weighted by atomic mass is 16.5. The minimum atomic E-state index is 0.158. The fraction of sp³-hybridized carbons (Fsp3) is 0.412. The van der Waals surface area contributed by atoms with Crippen LogP contribution in [-0.2, 0) is 12.0 Å². The van der Waals surface area contributed by atoms with Gasteiger partial charge in [0.25, 0.3) is 0 Å². The lowest BCUT2D eigenvalue weighted by Gasteiger charge is -2.19. The summed E-state index contributed by atoms with van der Waals surface area (Å²) in [5.74, 6) is 1.95. The van der Waals surface area contributed by atoms with Crippen LogP contribution in [0.25, 0.3) is 0 Å². The van der Waals surface area contributed by atoms with Gasteiger partial charge in [-0.3, -0.25) is 0 Å². The fourth-order valence-electron chi connectivity index (χ4n) is 1.99. The molecule has 1 aromatic heterocycles. The number of nitrogens with two attached hydrogens (primary N) is 1. The molecule has 0 aliphatic heterocycles. The van der Waals surface area contributed by atoms with Crippen LogP contribution in [0.15, 0.2) is 47.1 Å². The van der Waals surface area contributed by atoms with Crippen LogP contribution in [0, 0.1) is 0 Å². The molecule has 0 saturated carbocycles. The maximum absolute atomic E-state index is 5.80. The second-order valence-corrected chi connectivity index (χ2v) is 5.99. The van der Waals surface area contributed by atoms with Gasteiger partial charge in [0, 0.05) is 0 Å². The second kappa shape index (κ2) is 6.62. The van der Waals surface area contributed by atoms with Crippen molar-refractivity contribution in [1.82, 2.24) is 0 Å². The van der Waals surface area contributed by atoms with Crippen molar-refractivity contribution in [1.29, 1.82) is 0 Å². The molecular formula is C17H24NO2+. The zero-order valence-corrected chi connectivity index (χ0v) is 12.6. The van der Waals surface area contributed by atoms with Gasteiger partial charge < -0.3 is 14.5 Å². The Labute approximate surface area is 121 Å². The topological polar surface area (TPSA) is 39.0 Å². The number of hydrogen-bond donors (Lipinski definition) is 1. The number of ether oxygens (including phenoxy) is 1. The van der Waals surface area contributed by atoms with Crippen molar-refractivity contribution in [3.63, 3.8) is 0 Å². The quantitative estimate of drug-likeness (QED) is 0.823. The molecule has 2 aromatic rings. The molecule has 2 N–H and O–H groups in total. The Morgan fingerprint density at radius 1 is 1.15 bits per heavy atom. The Bertz CT molecular complexity index is 512. The third kappa shape index (κ3) is 4.42. The van der Waals surface area contributed by atoms with Gasteiger partial charge in [0.05, 0.1) is 6.26 Å². The summed E-state index contributed by atoms with van der Waals surface area (Å²) in [5, 5.41) is 2.19. The summed E-state index contributed by atoms with van der Waals surface area (Å²) in [6, 6.07) is 12.3. The average Bonchev–Trinajstić information content (AvgIpc) is 2.91. The van der Waals surface area contributed by atoms with Gasteiger partial charge >= 0.3 is 0 Å². The molecule has 20 heavy (non-hydrogen) atoms. The summed E-state index contributed by atoms with van der Waals surface area (Å²) in [4.78, 5) is 0. The molecule has 3 nitrogen and oxygen atoms in total. The monoisotopic (exact) mass is 274 g/mol. The van der Waals surface area contributed by atoms with E-state index in [1.54, 1.807) is 6.26 Å². The Morgan fingerprint density at radius 3 is 2.70 bits per heavy atom. The number of furan rings is 1. The summed E-state index contributed by atoms with van der Waals surface area (Å²) < 4.78 is 11.1. The standard InChI is InChI=1S/C17H23NO2/c1-17(2,3)14-6-4-7-15(12-14)20-11-9-18-13-16-8-5-10-19-16/h4-8,10,12,18H,9,11,13H2,1-3H3/p+1. The van der Waals surface area contributed by atoms with Crippen LogP contribution < -0.4 is 10.1 Å². The lowest BCUT2D eigenvalue weighted by molar-refractivity contribution is -0.672. The molecule has 0 amide bonds. The Morgan fingerprint density at radius 2 is 2.00 bits per heavy atom. The first-order valence-electron chi connectivity index (χ1n) is 7.13. The third-order valence-corrected chi connectivity index (χ3v) is 3.22. The van der Waals surface area contributed by atoms with Gasteiger partial charge in [0.15, 0.2) is 5.76 Å². The van der Waals surface area contributed by atoms with Crippen LogP contribution >= 0.6 is 0 Å². The summed E-state index contributed by atoms with van der Waals surface area (Å²) in [6.45, 7) is 9.11. The van der Waals surface area contributed by atoms with Gasteiger partial charge in [0.2, 0.25) is 0 Å². The van der Waals surface area contributed by atoms with E-state index in [9.17, 15) is 0 Å². The van der Waals surface area contributed by atoms with Crippen molar-refractivity contribution in [2.75, 3.05) is 13.2 Å². The molecule has 0 bridgehead atoms. The lowest BCUT2D eigenvalue weighted by atomic mass is 9.87. The van der Waals surface area contributed by atoms with E-state index in [2.05, 4.69) is 44.3 Å². The predicted molar refractivity (Wildman–Crippen MR) is 79.8 cm³/mol. The molecule has 1 aromatic carbocycles. The highest BCUT2D eigenvalue weighted by Gasteiger charge is 2.13. The molecule has 2 rings (SSSR count). The molecule has 0 aliphatic rings. The van der Waals surface area contributed by atoms with E-state index in [0.717, 1.165) is 24.6 Å². The van der Waals surface area contributed by atoms with Crippen molar-refractivity contribution in [3.05, 3.63) is 54.0 Å². The SMILES string of the molecule is CC(C)(C)c1cccc(OCC[NH2+]Cc2ccco2)c1.